The molecule has 0 bridgehead atoms. The first-order valence-electron chi connectivity index (χ1n) is 15.7. The number of nitrogens with zero attached hydrogens (tertiary/aromatic N) is 7. The summed E-state index contributed by atoms with van der Waals surface area (Å²) in [5.74, 6) is -2.78. The van der Waals surface area contributed by atoms with E-state index in [2.05, 4.69) is 35.2 Å². The number of amides is 1. The van der Waals surface area contributed by atoms with Crippen LogP contribution in [0.2, 0.25) is 0 Å². The lowest BCUT2D eigenvalue weighted by Crippen LogP contribution is -2.49. The first kappa shape index (κ1) is 35.7. The molecule has 2 fully saturated rings. The van der Waals surface area contributed by atoms with Gasteiger partial charge in [0.15, 0.2) is 9.84 Å². The third kappa shape index (κ3) is 8.29. The zero-order valence-corrected chi connectivity index (χ0v) is 28.0. The summed E-state index contributed by atoms with van der Waals surface area (Å²) in [6, 6.07) is 3.79. The molecule has 1 N–H and O–H groups in total. The maximum absolute atomic E-state index is 13.9. The van der Waals surface area contributed by atoms with Crippen LogP contribution >= 0.6 is 0 Å². The van der Waals surface area contributed by atoms with Crippen molar-refractivity contribution in [2.45, 2.75) is 73.7 Å². The van der Waals surface area contributed by atoms with Crippen molar-refractivity contribution in [2.24, 2.45) is 0 Å². The van der Waals surface area contributed by atoms with Gasteiger partial charge in [0, 0.05) is 85.1 Å². The quantitative estimate of drug-likeness (QED) is 0.200. The number of alkyl halides is 5. The summed E-state index contributed by atoms with van der Waals surface area (Å²) in [5, 5.41) is 3.05. The molecule has 0 spiro atoms. The third-order valence-corrected chi connectivity index (χ3v) is 9.64. The molecule has 0 aliphatic heterocycles. The summed E-state index contributed by atoms with van der Waals surface area (Å²) in [6.07, 6.45) is 2.14. The van der Waals surface area contributed by atoms with Crippen LogP contribution in [0.15, 0.2) is 60.3 Å². The summed E-state index contributed by atoms with van der Waals surface area (Å²) < 4.78 is 103. The molecule has 0 radical (unpaired) electrons. The van der Waals surface area contributed by atoms with Gasteiger partial charge in [0.2, 0.25) is 5.95 Å². The Morgan fingerprint density at radius 2 is 1.61 bits per heavy atom. The van der Waals surface area contributed by atoms with Crippen LogP contribution in [-0.2, 0) is 20.8 Å². The van der Waals surface area contributed by atoms with Crippen molar-refractivity contribution in [3.63, 3.8) is 0 Å². The zero-order chi connectivity index (χ0) is 36.6. The number of hydrogen-bond donors (Lipinski definition) is 1. The lowest BCUT2D eigenvalue weighted by atomic mass is 9.90. The van der Waals surface area contributed by atoms with Crippen molar-refractivity contribution in [2.75, 3.05) is 23.6 Å². The Morgan fingerprint density at radius 1 is 0.922 bits per heavy atom. The Labute approximate surface area is 288 Å². The van der Waals surface area contributed by atoms with Crippen molar-refractivity contribution >= 4 is 27.7 Å². The number of sulfone groups is 1. The minimum Gasteiger partial charge on any atom is -0.467 e. The highest BCUT2D eigenvalue weighted by Crippen LogP contribution is 2.41. The van der Waals surface area contributed by atoms with Gasteiger partial charge in [0.05, 0.1) is 17.7 Å². The first-order valence-corrected chi connectivity index (χ1v) is 17.5. The summed E-state index contributed by atoms with van der Waals surface area (Å²) >= 11 is 0. The van der Waals surface area contributed by atoms with Gasteiger partial charge in [-0.05, 0) is 43.9 Å². The van der Waals surface area contributed by atoms with E-state index in [0.717, 1.165) is 24.7 Å². The molecule has 6 rings (SSSR count). The van der Waals surface area contributed by atoms with E-state index in [9.17, 15) is 35.2 Å². The Bertz CT molecular complexity index is 1990. The van der Waals surface area contributed by atoms with Gasteiger partial charge in [-0.25, -0.2) is 46.9 Å². The van der Waals surface area contributed by atoms with Crippen LogP contribution in [0.25, 0.3) is 22.4 Å². The smallest absolute Gasteiger partial charge is 0.419 e. The summed E-state index contributed by atoms with van der Waals surface area (Å²) in [5.41, 5.74) is -0.578. The topological polar surface area (TPSA) is 162 Å². The summed E-state index contributed by atoms with van der Waals surface area (Å²) in [7, 11) is -2.33. The number of hydrogen-bond acceptors (Lipinski definition) is 12. The SMILES string of the molecule is COc1ncc(-c2ccc(N(C(=O)OC3CC(F)(F)C3)[C@H]3CC[C@H](Nc4ncc(C(F)(F)F)c(-c5cncc(S(C)(=O)=O)c5)n4)CC3)nc2)cn1. The van der Waals surface area contributed by atoms with Crippen LogP contribution in [0, 0.1) is 0 Å². The average Bonchev–Trinajstić information content (AvgIpc) is 3.08. The number of methoxy groups -OCH3 is 1. The molecule has 2 saturated carbocycles. The van der Waals surface area contributed by atoms with E-state index >= 15 is 0 Å². The minimum atomic E-state index is -4.84. The van der Waals surface area contributed by atoms with Crippen molar-refractivity contribution in [3.05, 3.63) is 60.9 Å². The fourth-order valence-electron chi connectivity index (χ4n) is 5.88. The molecule has 2 aliphatic rings. The highest BCUT2D eigenvalue weighted by atomic mass is 32.2. The molecule has 0 aromatic carbocycles. The fourth-order valence-corrected chi connectivity index (χ4v) is 6.47. The highest BCUT2D eigenvalue weighted by molar-refractivity contribution is 7.90. The molecule has 51 heavy (non-hydrogen) atoms. The van der Waals surface area contributed by atoms with E-state index in [1.54, 1.807) is 24.5 Å². The van der Waals surface area contributed by atoms with E-state index in [1.807, 2.05) is 0 Å². The van der Waals surface area contributed by atoms with Gasteiger partial charge in [-0.1, -0.05) is 0 Å². The van der Waals surface area contributed by atoms with Gasteiger partial charge in [0.1, 0.15) is 17.5 Å². The van der Waals surface area contributed by atoms with Crippen LogP contribution in [-0.4, -0.2) is 81.9 Å². The van der Waals surface area contributed by atoms with Gasteiger partial charge in [-0.15, -0.1) is 0 Å². The standard InChI is InChI=1S/C32H31F5N8O5S/c1-49-29-41-14-20(15-42-29)18-3-8-26(39-13-18)45(30(46)50-23-10-31(33,34)11-23)22-6-4-21(5-7-22)43-28-40-17-25(32(35,36)37)27(44-28)19-9-24(16-38-12-19)51(2,47)48/h3,8-9,12-17,21-23H,4-7,10-11H2,1-2H3,(H,40,43,44)/t21-,22-. The van der Waals surface area contributed by atoms with Crippen LogP contribution in [0.1, 0.15) is 44.1 Å². The van der Waals surface area contributed by atoms with Gasteiger partial charge < -0.3 is 14.8 Å². The second-order valence-corrected chi connectivity index (χ2v) is 14.3. The number of rotatable bonds is 9. The normalized spacial score (nSPS) is 19.1. The molecule has 2 aliphatic carbocycles. The Balaban J connectivity index is 1.19. The van der Waals surface area contributed by atoms with E-state index in [4.69, 9.17) is 9.47 Å². The monoisotopic (exact) mass is 734 g/mol. The number of halogens is 5. The molecule has 0 saturated heterocycles. The van der Waals surface area contributed by atoms with Crippen molar-refractivity contribution in [3.8, 4) is 28.4 Å². The van der Waals surface area contributed by atoms with Crippen molar-refractivity contribution in [1.29, 1.82) is 0 Å². The molecule has 4 aromatic heterocycles. The van der Waals surface area contributed by atoms with E-state index in [-0.39, 0.29) is 34.3 Å². The number of ether oxygens (including phenoxy) is 2. The lowest BCUT2D eigenvalue weighted by molar-refractivity contribution is -0.144. The lowest BCUT2D eigenvalue weighted by Gasteiger charge is -2.39. The molecule has 4 heterocycles. The number of carbonyl (C=O) groups excluding carboxylic acids is 1. The van der Waals surface area contributed by atoms with Crippen LogP contribution in [0.3, 0.4) is 0 Å². The minimum absolute atomic E-state index is 0.117. The van der Waals surface area contributed by atoms with Crippen molar-refractivity contribution in [1.82, 2.24) is 29.9 Å². The zero-order valence-electron chi connectivity index (χ0n) is 27.1. The van der Waals surface area contributed by atoms with Crippen LogP contribution in [0.5, 0.6) is 6.01 Å². The van der Waals surface area contributed by atoms with Crippen molar-refractivity contribution < 1.29 is 44.6 Å². The number of anilines is 2. The Morgan fingerprint density at radius 3 is 2.20 bits per heavy atom. The number of pyridine rings is 2. The van der Waals surface area contributed by atoms with Gasteiger partial charge in [-0.3, -0.25) is 9.88 Å². The predicted octanol–water partition coefficient (Wildman–Crippen LogP) is 5.99. The Hall–Kier alpha value is -5.07. The third-order valence-electron chi connectivity index (χ3n) is 8.56. The largest absolute Gasteiger partial charge is 0.467 e. The summed E-state index contributed by atoms with van der Waals surface area (Å²) in [4.78, 5) is 38.9. The van der Waals surface area contributed by atoms with E-state index in [1.165, 1.54) is 18.2 Å². The molecule has 19 heteroatoms. The van der Waals surface area contributed by atoms with Gasteiger partial charge >= 0.3 is 18.3 Å². The molecular weight excluding hydrogens is 703 g/mol. The Kier molecular flexibility index (Phi) is 9.75. The summed E-state index contributed by atoms with van der Waals surface area (Å²) in [6.45, 7) is 0. The highest BCUT2D eigenvalue weighted by Gasteiger charge is 2.48. The second-order valence-electron chi connectivity index (χ2n) is 12.3. The van der Waals surface area contributed by atoms with E-state index in [0.29, 0.717) is 43.0 Å². The van der Waals surface area contributed by atoms with Gasteiger partial charge in [-0.2, -0.15) is 13.2 Å². The maximum Gasteiger partial charge on any atom is 0.419 e. The molecule has 13 nitrogen and oxygen atoms in total. The van der Waals surface area contributed by atoms with E-state index < -0.39 is 64.3 Å². The first-order chi connectivity index (χ1) is 24.1. The fraction of sp³-hybridized carbons (Fsp3) is 0.406. The van der Waals surface area contributed by atoms with Crippen LogP contribution in [0.4, 0.5) is 38.5 Å². The average molecular weight is 735 g/mol. The number of aromatic nitrogens is 6. The molecule has 0 atom stereocenters. The number of nitrogens with one attached hydrogen (secondary N) is 1. The van der Waals surface area contributed by atoms with Gasteiger partial charge in [0.25, 0.3) is 5.92 Å². The molecule has 0 unspecified atom stereocenters. The molecule has 270 valence electrons. The molecule has 1 amide bonds. The molecular formula is C32H31F5N8O5S. The molecule has 4 aromatic rings. The number of carbonyl (C=O) groups is 1. The van der Waals surface area contributed by atoms with Crippen LogP contribution < -0.4 is 15.0 Å². The second kappa shape index (κ2) is 13.9. The maximum atomic E-state index is 13.9. The predicted molar refractivity (Wildman–Crippen MR) is 172 cm³/mol.